The third-order valence-electron chi connectivity index (χ3n) is 4.24. The summed E-state index contributed by atoms with van der Waals surface area (Å²) in [4.78, 5) is 20.2. The molecular weight excluding hydrogens is 407 g/mol. The summed E-state index contributed by atoms with van der Waals surface area (Å²) < 4.78 is 41.0. The highest BCUT2D eigenvalue weighted by Crippen LogP contribution is 2.18. The molecule has 30 heavy (non-hydrogen) atoms. The lowest BCUT2D eigenvalue weighted by atomic mass is 10.1. The van der Waals surface area contributed by atoms with Gasteiger partial charge in [-0.25, -0.2) is 27.5 Å². The molecule has 0 spiro atoms. The number of rotatable bonds is 7. The summed E-state index contributed by atoms with van der Waals surface area (Å²) in [7, 11) is -3.87. The van der Waals surface area contributed by atoms with Gasteiger partial charge in [-0.1, -0.05) is 18.2 Å². The summed E-state index contributed by atoms with van der Waals surface area (Å²) >= 11 is 0. The zero-order chi connectivity index (χ0) is 21.7. The van der Waals surface area contributed by atoms with Crippen molar-refractivity contribution in [1.29, 1.82) is 0 Å². The van der Waals surface area contributed by atoms with Crippen LogP contribution >= 0.6 is 0 Å². The minimum absolute atomic E-state index is 0.00183. The first-order chi connectivity index (χ1) is 14.2. The molecule has 1 heterocycles. The molecule has 0 aliphatic carbocycles. The van der Waals surface area contributed by atoms with Gasteiger partial charge in [-0.2, -0.15) is 0 Å². The Bertz CT molecular complexity index is 1140. The highest BCUT2D eigenvalue weighted by Gasteiger charge is 2.16. The van der Waals surface area contributed by atoms with E-state index in [2.05, 4.69) is 20.0 Å². The summed E-state index contributed by atoms with van der Waals surface area (Å²) in [6.07, 6.45) is 0.372. The van der Waals surface area contributed by atoms with Gasteiger partial charge in [0.2, 0.25) is 11.9 Å². The fourth-order valence-electron chi connectivity index (χ4n) is 2.84. The van der Waals surface area contributed by atoms with E-state index in [1.165, 1.54) is 30.3 Å². The van der Waals surface area contributed by atoms with Gasteiger partial charge in [0, 0.05) is 23.5 Å². The van der Waals surface area contributed by atoms with Crippen LogP contribution in [0.1, 0.15) is 23.4 Å². The van der Waals surface area contributed by atoms with Crippen molar-refractivity contribution in [3.8, 4) is 0 Å². The molecule has 1 amide bonds. The second-order valence-electron chi connectivity index (χ2n) is 6.74. The highest BCUT2D eigenvalue weighted by molar-refractivity contribution is 7.92. The van der Waals surface area contributed by atoms with Crippen LogP contribution in [0.25, 0.3) is 0 Å². The molecule has 0 unspecified atom stereocenters. The van der Waals surface area contributed by atoms with E-state index in [0.717, 1.165) is 0 Å². The van der Waals surface area contributed by atoms with Gasteiger partial charge < -0.3 is 5.32 Å². The smallest absolute Gasteiger partial charge is 0.264 e. The van der Waals surface area contributed by atoms with Gasteiger partial charge in [0.25, 0.3) is 10.0 Å². The van der Waals surface area contributed by atoms with E-state index in [0.29, 0.717) is 22.6 Å². The molecule has 3 rings (SSSR count). The fraction of sp³-hybridized carbons (Fsp3) is 0.190. The average molecular weight is 428 g/mol. The first-order valence-corrected chi connectivity index (χ1v) is 10.7. The molecule has 2 aromatic carbocycles. The maximum Gasteiger partial charge on any atom is 0.264 e. The lowest BCUT2D eigenvalue weighted by Gasteiger charge is -2.09. The van der Waals surface area contributed by atoms with Crippen molar-refractivity contribution in [2.75, 3.05) is 10.0 Å². The van der Waals surface area contributed by atoms with Crippen LogP contribution in [0.15, 0.2) is 59.5 Å². The van der Waals surface area contributed by atoms with Crippen molar-refractivity contribution >= 4 is 27.6 Å². The molecule has 3 aromatic rings. The first kappa shape index (κ1) is 21.4. The van der Waals surface area contributed by atoms with Crippen LogP contribution in [0.5, 0.6) is 0 Å². The number of nitrogens with zero attached hydrogens (tertiary/aromatic N) is 2. The fourth-order valence-corrected chi connectivity index (χ4v) is 3.78. The molecule has 156 valence electrons. The monoisotopic (exact) mass is 428 g/mol. The molecular formula is C21H21FN4O3S. The Hall–Kier alpha value is -3.33. The quantitative estimate of drug-likeness (QED) is 0.599. The van der Waals surface area contributed by atoms with Crippen molar-refractivity contribution in [3.05, 3.63) is 77.4 Å². The standard InChI is InChI=1S/C21H21FN4O3S/c1-14-13-15(2)24-21(23-14)26-30(28,29)18-10-8-17(9-11-18)25-20(27)12-7-16-5-3-4-6-19(16)22/h3-6,8-11,13H,7,12H2,1-2H3,(H,25,27)(H,23,24,26). The Morgan fingerprint density at radius 3 is 2.27 bits per heavy atom. The summed E-state index contributed by atoms with van der Waals surface area (Å²) in [6.45, 7) is 3.49. The number of anilines is 2. The number of carbonyl (C=O) groups excluding carboxylic acids is 1. The van der Waals surface area contributed by atoms with E-state index >= 15 is 0 Å². The van der Waals surface area contributed by atoms with Crippen molar-refractivity contribution in [3.63, 3.8) is 0 Å². The van der Waals surface area contributed by atoms with Crippen molar-refractivity contribution in [2.45, 2.75) is 31.6 Å². The summed E-state index contributed by atoms with van der Waals surface area (Å²) in [5.74, 6) is -0.645. The highest BCUT2D eigenvalue weighted by atomic mass is 32.2. The van der Waals surface area contributed by atoms with Gasteiger partial charge in [-0.15, -0.1) is 0 Å². The number of amides is 1. The largest absolute Gasteiger partial charge is 0.326 e. The van der Waals surface area contributed by atoms with E-state index < -0.39 is 10.0 Å². The van der Waals surface area contributed by atoms with Gasteiger partial charge >= 0.3 is 0 Å². The van der Waals surface area contributed by atoms with E-state index in [-0.39, 0.29) is 35.4 Å². The number of sulfonamides is 1. The third-order valence-corrected chi connectivity index (χ3v) is 5.58. The molecule has 0 atom stereocenters. The molecule has 0 bridgehead atoms. The second kappa shape index (κ2) is 9.00. The Morgan fingerprint density at radius 2 is 1.63 bits per heavy atom. The molecule has 9 heteroatoms. The number of carbonyl (C=O) groups is 1. The Morgan fingerprint density at radius 1 is 1.00 bits per heavy atom. The Balaban J connectivity index is 1.62. The number of hydrogen-bond acceptors (Lipinski definition) is 5. The van der Waals surface area contributed by atoms with Crippen LogP contribution in [-0.2, 0) is 21.2 Å². The van der Waals surface area contributed by atoms with Gasteiger partial charge in [0.15, 0.2) is 0 Å². The lowest BCUT2D eigenvalue weighted by molar-refractivity contribution is -0.116. The normalized spacial score (nSPS) is 11.2. The average Bonchev–Trinajstić information content (AvgIpc) is 2.66. The number of benzene rings is 2. The van der Waals surface area contributed by atoms with Crippen LogP contribution in [0, 0.1) is 19.7 Å². The molecule has 0 fully saturated rings. The molecule has 0 radical (unpaired) electrons. The van der Waals surface area contributed by atoms with E-state index in [1.807, 2.05) is 0 Å². The van der Waals surface area contributed by atoms with Gasteiger partial charge in [-0.05, 0) is 62.2 Å². The number of hydrogen-bond donors (Lipinski definition) is 2. The van der Waals surface area contributed by atoms with Crippen molar-refractivity contribution in [2.24, 2.45) is 0 Å². The number of aryl methyl sites for hydroxylation is 3. The van der Waals surface area contributed by atoms with Crippen molar-refractivity contribution in [1.82, 2.24) is 9.97 Å². The first-order valence-electron chi connectivity index (χ1n) is 9.21. The molecule has 0 saturated carbocycles. The number of halogens is 1. The predicted molar refractivity (Wildman–Crippen MR) is 112 cm³/mol. The van der Waals surface area contributed by atoms with Gasteiger partial charge in [0.05, 0.1) is 4.90 Å². The van der Waals surface area contributed by atoms with E-state index in [1.54, 1.807) is 38.1 Å². The molecule has 0 aliphatic heterocycles. The number of nitrogens with one attached hydrogen (secondary N) is 2. The van der Waals surface area contributed by atoms with E-state index in [4.69, 9.17) is 0 Å². The zero-order valence-corrected chi connectivity index (χ0v) is 17.3. The second-order valence-corrected chi connectivity index (χ2v) is 8.43. The minimum atomic E-state index is -3.87. The van der Waals surface area contributed by atoms with Crippen LogP contribution in [0.4, 0.5) is 16.0 Å². The molecule has 1 aromatic heterocycles. The van der Waals surface area contributed by atoms with Gasteiger partial charge in [-0.3, -0.25) is 4.79 Å². The summed E-state index contributed by atoms with van der Waals surface area (Å²) in [6, 6.07) is 13.7. The maximum atomic E-state index is 13.6. The Labute approximate surface area is 174 Å². The zero-order valence-electron chi connectivity index (χ0n) is 16.5. The summed E-state index contributed by atoms with van der Waals surface area (Å²) in [5, 5.41) is 2.67. The van der Waals surface area contributed by atoms with Gasteiger partial charge in [0.1, 0.15) is 5.82 Å². The SMILES string of the molecule is Cc1cc(C)nc(NS(=O)(=O)c2ccc(NC(=O)CCc3ccccc3F)cc2)n1. The Kier molecular flexibility index (Phi) is 6.41. The van der Waals surface area contributed by atoms with Crippen LogP contribution in [0.2, 0.25) is 0 Å². The van der Waals surface area contributed by atoms with Crippen molar-refractivity contribution < 1.29 is 17.6 Å². The molecule has 0 saturated heterocycles. The molecule has 7 nitrogen and oxygen atoms in total. The van der Waals surface area contributed by atoms with Crippen LogP contribution in [0.3, 0.4) is 0 Å². The number of aromatic nitrogens is 2. The maximum absolute atomic E-state index is 13.6. The molecule has 0 aliphatic rings. The van der Waals surface area contributed by atoms with Crippen LogP contribution < -0.4 is 10.0 Å². The molecule has 2 N–H and O–H groups in total. The lowest BCUT2D eigenvalue weighted by Crippen LogP contribution is -2.16. The topological polar surface area (TPSA) is 101 Å². The third kappa shape index (κ3) is 5.60. The summed E-state index contributed by atoms with van der Waals surface area (Å²) in [5.41, 5.74) is 2.20. The predicted octanol–water partition coefficient (Wildman–Crippen LogP) is 3.60. The van der Waals surface area contributed by atoms with Crippen LogP contribution in [-0.4, -0.2) is 24.3 Å². The minimum Gasteiger partial charge on any atom is -0.326 e. The van der Waals surface area contributed by atoms with E-state index in [9.17, 15) is 17.6 Å².